The summed E-state index contributed by atoms with van der Waals surface area (Å²) in [5.41, 5.74) is 3.86. The maximum atomic E-state index is 13.0. The summed E-state index contributed by atoms with van der Waals surface area (Å²) in [6.07, 6.45) is 4.66. The van der Waals surface area contributed by atoms with Crippen molar-refractivity contribution in [2.24, 2.45) is 0 Å². The first-order chi connectivity index (χ1) is 16.1. The molecule has 0 bridgehead atoms. The van der Waals surface area contributed by atoms with Gasteiger partial charge in [-0.25, -0.2) is 0 Å². The largest absolute Gasteiger partial charge is 0.493 e. The van der Waals surface area contributed by atoms with Gasteiger partial charge < -0.3 is 19.8 Å². The van der Waals surface area contributed by atoms with E-state index in [0.717, 1.165) is 27.7 Å². The topological polar surface area (TPSA) is 76.2 Å². The second kappa shape index (κ2) is 10.4. The monoisotopic (exact) mass is 463 g/mol. The number of aromatic amines is 1. The molecular weight excluding hydrogens is 438 g/mol. The van der Waals surface area contributed by atoms with Crippen LogP contribution in [0.3, 0.4) is 0 Å². The summed E-state index contributed by atoms with van der Waals surface area (Å²) < 4.78 is 10.9. The number of hydrogen-bond donors (Lipinski definition) is 2. The summed E-state index contributed by atoms with van der Waals surface area (Å²) in [5.74, 6) is 1.02. The molecule has 0 saturated carbocycles. The van der Waals surface area contributed by atoms with Crippen LogP contribution in [0.2, 0.25) is 5.02 Å². The second-order valence-electron chi connectivity index (χ2n) is 7.73. The van der Waals surface area contributed by atoms with Gasteiger partial charge in [-0.05, 0) is 53.6 Å². The van der Waals surface area contributed by atoms with E-state index in [0.29, 0.717) is 29.5 Å². The summed E-state index contributed by atoms with van der Waals surface area (Å²) in [6, 6.07) is 17.2. The number of amides is 1. The van der Waals surface area contributed by atoms with Gasteiger partial charge in [0.25, 0.3) is 0 Å². The van der Waals surface area contributed by atoms with Crippen molar-refractivity contribution in [1.29, 1.82) is 0 Å². The standard InChI is InChI=1S/C26H26ClN3O3/c1-32-24-9-6-17(13-25(24)33-2)20(22-16-30-23-8-7-18(27)14-21(22)23)15-26(31)29-12-10-19-5-3-4-11-28-19/h3-9,11,13-14,16,20,30H,10,12,15H2,1-2H3,(H,29,31)/t20-/m0/s1. The van der Waals surface area contributed by atoms with Gasteiger partial charge in [0.1, 0.15) is 0 Å². The highest BCUT2D eigenvalue weighted by molar-refractivity contribution is 6.31. The highest BCUT2D eigenvalue weighted by Gasteiger charge is 2.23. The van der Waals surface area contributed by atoms with E-state index in [1.54, 1.807) is 20.4 Å². The minimum atomic E-state index is -0.202. The molecule has 0 radical (unpaired) electrons. The summed E-state index contributed by atoms with van der Waals surface area (Å²) in [7, 11) is 3.21. The van der Waals surface area contributed by atoms with Gasteiger partial charge in [0.05, 0.1) is 14.2 Å². The molecule has 2 heterocycles. The molecule has 0 saturated heterocycles. The Labute approximate surface area is 197 Å². The SMILES string of the molecule is COc1ccc([C@H](CC(=O)NCCc2ccccn2)c2c[nH]c3ccc(Cl)cc23)cc1OC. The quantitative estimate of drug-likeness (QED) is 0.361. The molecule has 2 aromatic carbocycles. The third kappa shape index (κ3) is 5.29. The van der Waals surface area contributed by atoms with Crippen molar-refractivity contribution in [2.45, 2.75) is 18.8 Å². The zero-order chi connectivity index (χ0) is 23.2. The number of H-pyrrole nitrogens is 1. The smallest absolute Gasteiger partial charge is 0.220 e. The Morgan fingerprint density at radius 1 is 1.09 bits per heavy atom. The normalized spacial score (nSPS) is 11.8. The fourth-order valence-corrected chi connectivity index (χ4v) is 4.19. The van der Waals surface area contributed by atoms with Crippen molar-refractivity contribution in [3.8, 4) is 11.5 Å². The highest BCUT2D eigenvalue weighted by atomic mass is 35.5. The van der Waals surface area contributed by atoms with Gasteiger partial charge in [0, 0.05) is 59.3 Å². The summed E-state index contributed by atoms with van der Waals surface area (Å²) in [6.45, 7) is 0.522. The zero-order valence-electron chi connectivity index (χ0n) is 18.6. The first-order valence-electron chi connectivity index (χ1n) is 10.7. The molecule has 2 aromatic heterocycles. The van der Waals surface area contributed by atoms with Gasteiger partial charge in [0.2, 0.25) is 5.91 Å². The van der Waals surface area contributed by atoms with E-state index >= 15 is 0 Å². The molecule has 170 valence electrons. The van der Waals surface area contributed by atoms with Crippen LogP contribution in [-0.4, -0.2) is 36.6 Å². The molecule has 1 atom stereocenters. The molecule has 1 amide bonds. The summed E-state index contributed by atoms with van der Waals surface area (Å²) in [4.78, 5) is 20.6. The molecule has 4 rings (SSSR count). The van der Waals surface area contributed by atoms with Crippen LogP contribution in [0.15, 0.2) is 67.0 Å². The predicted octanol–water partition coefficient (Wildman–Crippen LogP) is 5.11. The van der Waals surface area contributed by atoms with Crippen LogP contribution in [-0.2, 0) is 11.2 Å². The number of carbonyl (C=O) groups excluding carboxylic acids is 1. The van der Waals surface area contributed by atoms with E-state index in [2.05, 4.69) is 15.3 Å². The summed E-state index contributed by atoms with van der Waals surface area (Å²) in [5, 5.41) is 4.67. The van der Waals surface area contributed by atoms with Crippen LogP contribution in [0, 0.1) is 0 Å². The Bertz CT molecular complexity index is 1240. The Morgan fingerprint density at radius 3 is 2.70 bits per heavy atom. The van der Waals surface area contributed by atoms with Crippen LogP contribution in [0.5, 0.6) is 11.5 Å². The van der Waals surface area contributed by atoms with Crippen molar-refractivity contribution < 1.29 is 14.3 Å². The van der Waals surface area contributed by atoms with Gasteiger partial charge in [-0.2, -0.15) is 0 Å². The average Bonchev–Trinajstić information content (AvgIpc) is 3.25. The number of rotatable bonds is 9. The minimum Gasteiger partial charge on any atom is -0.493 e. The zero-order valence-corrected chi connectivity index (χ0v) is 19.4. The van der Waals surface area contributed by atoms with E-state index in [9.17, 15) is 4.79 Å². The maximum absolute atomic E-state index is 13.0. The molecule has 0 fully saturated rings. The number of aromatic nitrogens is 2. The molecule has 4 aromatic rings. The second-order valence-corrected chi connectivity index (χ2v) is 8.16. The van der Waals surface area contributed by atoms with E-state index in [1.807, 2.05) is 60.8 Å². The fraction of sp³-hybridized carbons (Fsp3) is 0.231. The lowest BCUT2D eigenvalue weighted by Gasteiger charge is -2.19. The van der Waals surface area contributed by atoms with Crippen molar-refractivity contribution in [3.63, 3.8) is 0 Å². The third-order valence-corrected chi connectivity index (χ3v) is 5.92. The van der Waals surface area contributed by atoms with Crippen molar-refractivity contribution in [2.75, 3.05) is 20.8 Å². The molecule has 7 heteroatoms. The number of nitrogens with zero attached hydrogens (tertiary/aromatic N) is 1. The number of halogens is 1. The Kier molecular flexibility index (Phi) is 7.15. The number of hydrogen-bond acceptors (Lipinski definition) is 4. The molecule has 33 heavy (non-hydrogen) atoms. The van der Waals surface area contributed by atoms with E-state index in [4.69, 9.17) is 21.1 Å². The van der Waals surface area contributed by atoms with Crippen LogP contribution in [0.1, 0.15) is 29.2 Å². The van der Waals surface area contributed by atoms with E-state index in [1.165, 1.54) is 0 Å². The van der Waals surface area contributed by atoms with Gasteiger partial charge >= 0.3 is 0 Å². The van der Waals surface area contributed by atoms with Gasteiger partial charge in [0.15, 0.2) is 11.5 Å². The van der Waals surface area contributed by atoms with Gasteiger partial charge in [-0.1, -0.05) is 23.7 Å². The number of nitrogens with one attached hydrogen (secondary N) is 2. The fourth-order valence-electron chi connectivity index (χ4n) is 4.01. The molecular formula is C26H26ClN3O3. The van der Waals surface area contributed by atoms with Crippen LogP contribution < -0.4 is 14.8 Å². The van der Waals surface area contributed by atoms with Crippen molar-refractivity contribution >= 4 is 28.4 Å². The third-order valence-electron chi connectivity index (χ3n) is 5.68. The number of methoxy groups -OCH3 is 2. The lowest BCUT2D eigenvalue weighted by Crippen LogP contribution is -2.27. The number of carbonyl (C=O) groups is 1. The highest BCUT2D eigenvalue weighted by Crippen LogP contribution is 2.38. The molecule has 0 unspecified atom stereocenters. The Hall–Kier alpha value is -3.51. The lowest BCUT2D eigenvalue weighted by atomic mass is 9.87. The van der Waals surface area contributed by atoms with Crippen LogP contribution in [0.4, 0.5) is 0 Å². The molecule has 6 nitrogen and oxygen atoms in total. The average molecular weight is 464 g/mol. The predicted molar refractivity (Wildman–Crippen MR) is 130 cm³/mol. The maximum Gasteiger partial charge on any atom is 0.220 e. The molecule has 0 aliphatic rings. The van der Waals surface area contributed by atoms with E-state index < -0.39 is 0 Å². The molecule has 0 spiro atoms. The number of benzene rings is 2. The van der Waals surface area contributed by atoms with E-state index in [-0.39, 0.29) is 18.2 Å². The number of ether oxygens (including phenoxy) is 2. The summed E-state index contributed by atoms with van der Waals surface area (Å²) >= 11 is 6.28. The van der Waals surface area contributed by atoms with Gasteiger partial charge in [-0.3, -0.25) is 9.78 Å². The number of pyridine rings is 1. The minimum absolute atomic E-state index is 0.0397. The van der Waals surface area contributed by atoms with Crippen molar-refractivity contribution in [3.05, 3.63) is 88.8 Å². The van der Waals surface area contributed by atoms with Gasteiger partial charge in [-0.15, -0.1) is 0 Å². The lowest BCUT2D eigenvalue weighted by molar-refractivity contribution is -0.121. The first kappa shape index (κ1) is 22.7. The Morgan fingerprint density at radius 2 is 1.94 bits per heavy atom. The van der Waals surface area contributed by atoms with Crippen molar-refractivity contribution in [1.82, 2.24) is 15.3 Å². The van der Waals surface area contributed by atoms with Crippen LogP contribution >= 0.6 is 11.6 Å². The first-order valence-corrected chi connectivity index (χ1v) is 11.1. The Balaban J connectivity index is 1.61. The molecule has 2 N–H and O–H groups in total. The molecule has 0 aliphatic heterocycles. The number of fused-ring (bicyclic) bond motifs is 1. The van der Waals surface area contributed by atoms with Crippen LogP contribution in [0.25, 0.3) is 10.9 Å². The molecule has 0 aliphatic carbocycles.